The molecule has 5 heteroatoms. The smallest absolute Gasteiger partial charge is 0.234 e. The first-order valence-corrected chi connectivity index (χ1v) is 9.33. The minimum atomic E-state index is 0.0413. The number of carbonyl (C=O) groups is 1. The van der Waals surface area contributed by atoms with Crippen LogP contribution in [0.2, 0.25) is 0 Å². The summed E-state index contributed by atoms with van der Waals surface area (Å²) < 4.78 is 0. The molecule has 0 saturated heterocycles. The third-order valence-corrected chi connectivity index (χ3v) is 6.50. The first-order valence-electron chi connectivity index (χ1n) is 9.33. The van der Waals surface area contributed by atoms with E-state index < -0.39 is 0 Å². The Balaban J connectivity index is 1.29. The second kappa shape index (κ2) is 5.07. The summed E-state index contributed by atoms with van der Waals surface area (Å²) in [6.45, 7) is 1.52. The van der Waals surface area contributed by atoms with Crippen LogP contribution in [-0.4, -0.2) is 39.9 Å². The average molecular weight is 314 g/mol. The molecule has 0 unspecified atom stereocenters. The van der Waals surface area contributed by atoms with Crippen LogP contribution in [0.15, 0.2) is 6.33 Å². The number of nitrogens with zero attached hydrogens (tertiary/aromatic N) is 2. The molecule has 3 aliphatic carbocycles. The molecule has 1 amide bonds. The second-order valence-electron chi connectivity index (χ2n) is 8.05. The fraction of sp³-hybridized carbons (Fsp3) is 0.778. The minimum Gasteiger partial charge on any atom is -0.352 e. The van der Waals surface area contributed by atoms with Crippen molar-refractivity contribution in [1.29, 1.82) is 0 Å². The molecule has 2 N–H and O–H groups in total. The molecule has 1 aromatic heterocycles. The van der Waals surface area contributed by atoms with Gasteiger partial charge in [-0.2, -0.15) is 0 Å². The van der Waals surface area contributed by atoms with Gasteiger partial charge in [0.2, 0.25) is 5.91 Å². The fourth-order valence-corrected chi connectivity index (χ4v) is 4.75. The zero-order chi connectivity index (χ0) is 15.4. The van der Waals surface area contributed by atoms with E-state index in [4.69, 9.17) is 0 Å². The predicted molar refractivity (Wildman–Crippen MR) is 86.8 cm³/mol. The zero-order valence-corrected chi connectivity index (χ0v) is 13.7. The van der Waals surface area contributed by atoms with Gasteiger partial charge in [0.15, 0.2) is 0 Å². The summed E-state index contributed by atoms with van der Waals surface area (Å²) in [5, 5.41) is 3.38. The first-order chi connectivity index (χ1) is 11.3. The molecule has 23 heavy (non-hydrogen) atoms. The number of H-pyrrole nitrogens is 1. The van der Waals surface area contributed by atoms with E-state index in [1.54, 1.807) is 0 Å². The van der Waals surface area contributed by atoms with E-state index >= 15 is 0 Å². The lowest BCUT2D eigenvalue weighted by Gasteiger charge is -2.51. The van der Waals surface area contributed by atoms with E-state index in [9.17, 15) is 4.79 Å². The highest BCUT2D eigenvalue weighted by molar-refractivity contribution is 5.78. The standard InChI is InChI=1S/C18H26N4O/c23-15(21-16(12-2-3-12)13-4-5-13)10-22-9-6-14-17(20-11-19-14)18(22)7-1-8-18/h11-13,16H,1-10H2,(H,19,20)(H,21,23). The van der Waals surface area contributed by atoms with Crippen LogP contribution in [-0.2, 0) is 16.8 Å². The third-order valence-electron chi connectivity index (χ3n) is 6.50. The molecule has 5 rings (SSSR count). The van der Waals surface area contributed by atoms with E-state index in [1.807, 2.05) is 6.33 Å². The van der Waals surface area contributed by atoms with Crippen LogP contribution in [0, 0.1) is 11.8 Å². The van der Waals surface area contributed by atoms with Gasteiger partial charge in [-0.3, -0.25) is 9.69 Å². The molecule has 0 aromatic carbocycles. The molecular weight excluding hydrogens is 288 g/mol. The molecule has 3 fully saturated rings. The Morgan fingerprint density at radius 3 is 2.70 bits per heavy atom. The highest BCUT2D eigenvalue weighted by Gasteiger charge is 2.50. The molecule has 1 spiro atoms. The van der Waals surface area contributed by atoms with Crippen LogP contribution in [0.4, 0.5) is 0 Å². The van der Waals surface area contributed by atoms with Crippen molar-refractivity contribution >= 4 is 5.91 Å². The lowest BCUT2D eigenvalue weighted by atomic mass is 9.70. The topological polar surface area (TPSA) is 61.0 Å². The average Bonchev–Trinajstić information content (AvgIpc) is 3.41. The lowest BCUT2D eigenvalue weighted by Crippen LogP contribution is -2.58. The van der Waals surface area contributed by atoms with Crippen LogP contribution >= 0.6 is 0 Å². The van der Waals surface area contributed by atoms with Gasteiger partial charge in [-0.1, -0.05) is 0 Å². The van der Waals surface area contributed by atoms with E-state index in [2.05, 4.69) is 20.2 Å². The highest BCUT2D eigenvalue weighted by atomic mass is 16.2. The van der Waals surface area contributed by atoms with Crippen molar-refractivity contribution in [3.63, 3.8) is 0 Å². The van der Waals surface area contributed by atoms with Crippen molar-refractivity contribution in [2.75, 3.05) is 13.1 Å². The Morgan fingerprint density at radius 2 is 2.09 bits per heavy atom. The maximum Gasteiger partial charge on any atom is 0.234 e. The summed E-state index contributed by atoms with van der Waals surface area (Å²) >= 11 is 0. The van der Waals surface area contributed by atoms with Crippen molar-refractivity contribution in [2.45, 2.75) is 62.9 Å². The molecular formula is C18H26N4O. The van der Waals surface area contributed by atoms with Gasteiger partial charge < -0.3 is 10.3 Å². The van der Waals surface area contributed by atoms with Crippen molar-refractivity contribution < 1.29 is 4.79 Å². The van der Waals surface area contributed by atoms with Gasteiger partial charge in [0, 0.05) is 24.7 Å². The molecule has 0 bridgehead atoms. The summed E-state index contributed by atoms with van der Waals surface area (Å²) in [6, 6.07) is 0.463. The Bertz CT molecular complexity index is 600. The van der Waals surface area contributed by atoms with Crippen molar-refractivity contribution in [2.24, 2.45) is 11.8 Å². The number of hydrogen-bond acceptors (Lipinski definition) is 3. The van der Waals surface area contributed by atoms with Gasteiger partial charge >= 0.3 is 0 Å². The Morgan fingerprint density at radius 1 is 1.35 bits per heavy atom. The monoisotopic (exact) mass is 314 g/mol. The summed E-state index contributed by atoms with van der Waals surface area (Å²) in [5.41, 5.74) is 2.54. The van der Waals surface area contributed by atoms with Crippen LogP contribution in [0.25, 0.3) is 0 Å². The minimum absolute atomic E-state index is 0.0413. The normalized spacial score (nSPS) is 26.1. The van der Waals surface area contributed by atoms with E-state index in [-0.39, 0.29) is 11.4 Å². The summed E-state index contributed by atoms with van der Waals surface area (Å²) in [6.07, 6.45) is 11.6. The lowest BCUT2D eigenvalue weighted by molar-refractivity contribution is -0.127. The molecule has 0 atom stereocenters. The largest absolute Gasteiger partial charge is 0.352 e. The molecule has 1 aliphatic heterocycles. The number of fused-ring (bicyclic) bond motifs is 2. The van der Waals surface area contributed by atoms with Gasteiger partial charge in [0.05, 0.1) is 24.1 Å². The number of hydrogen-bond donors (Lipinski definition) is 2. The maximum atomic E-state index is 12.7. The number of rotatable bonds is 5. The van der Waals surface area contributed by atoms with E-state index in [0.717, 1.165) is 37.6 Å². The second-order valence-corrected chi connectivity index (χ2v) is 8.05. The van der Waals surface area contributed by atoms with Crippen molar-refractivity contribution in [1.82, 2.24) is 20.2 Å². The fourth-order valence-electron chi connectivity index (χ4n) is 4.75. The predicted octanol–water partition coefficient (Wildman–Crippen LogP) is 1.95. The molecule has 124 valence electrons. The Labute approximate surface area is 137 Å². The van der Waals surface area contributed by atoms with Gasteiger partial charge in [-0.25, -0.2) is 4.98 Å². The molecule has 1 aromatic rings. The van der Waals surface area contributed by atoms with Crippen LogP contribution in [0.5, 0.6) is 0 Å². The van der Waals surface area contributed by atoms with Gasteiger partial charge in [-0.05, 0) is 56.8 Å². The summed E-state index contributed by atoms with van der Waals surface area (Å²) in [4.78, 5) is 23.0. The van der Waals surface area contributed by atoms with Crippen LogP contribution in [0.3, 0.4) is 0 Å². The summed E-state index contributed by atoms with van der Waals surface area (Å²) in [5.74, 6) is 1.77. The number of carbonyl (C=O) groups excluding carboxylic acids is 1. The van der Waals surface area contributed by atoms with Crippen molar-refractivity contribution in [3.8, 4) is 0 Å². The number of amides is 1. The molecule has 5 nitrogen and oxygen atoms in total. The SMILES string of the molecule is O=C(CN1CCc2[nH]cnc2C12CCC2)NC(C1CC1)C1CC1. The van der Waals surface area contributed by atoms with Gasteiger partial charge in [-0.15, -0.1) is 0 Å². The summed E-state index contributed by atoms with van der Waals surface area (Å²) in [7, 11) is 0. The Kier molecular flexibility index (Phi) is 3.09. The van der Waals surface area contributed by atoms with E-state index in [0.29, 0.717) is 12.6 Å². The van der Waals surface area contributed by atoms with Crippen LogP contribution < -0.4 is 5.32 Å². The number of nitrogens with one attached hydrogen (secondary N) is 2. The number of aromatic nitrogens is 2. The van der Waals surface area contributed by atoms with E-state index in [1.165, 1.54) is 43.5 Å². The highest BCUT2D eigenvalue weighted by Crippen LogP contribution is 2.49. The van der Waals surface area contributed by atoms with Crippen LogP contribution in [0.1, 0.15) is 56.3 Å². The Hall–Kier alpha value is -1.36. The van der Waals surface area contributed by atoms with Crippen molar-refractivity contribution in [3.05, 3.63) is 17.7 Å². The van der Waals surface area contributed by atoms with Gasteiger partial charge in [0.1, 0.15) is 0 Å². The maximum absolute atomic E-state index is 12.7. The number of aromatic amines is 1. The number of imidazole rings is 1. The van der Waals surface area contributed by atoms with Gasteiger partial charge in [0.25, 0.3) is 0 Å². The molecule has 3 saturated carbocycles. The first kappa shape index (κ1) is 14.0. The molecule has 2 heterocycles. The quantitative estimate of drug-likeness (QED) is 0.873. The molecule has 4 aliphatic rings. The molecule has 0 radical (unpaired) electrons. The zero-order valence-electron chi connectivity index (χ0n) is 13.7. The third kappa shape index (κ3) is 2.32.